The van der Waals surface area contributed by atoms with Crippen LogP contribution >= 0.6 is 0 Å². The SMILES string of the molecule is CCOCc1cnc2cnc(N3CCN(C(C)c4ccc5c(c4)OCC5)CC3)cn12. The van der Waals surface area contributed by atoms with E-state index in [0.717, 1.165) is 62.1 Å². The van der Waals surface area contributed by atoms with Gasteiger partial charge in [-0.05, 0) is 31.0 Å². The fourth-order valence-electron chi connectivity index (χ4n) is 4.40. The molecule has 1 unspecified atom stereocenters. The van der Waals surface area contributed by atoms with Gasteiger partial charge in [-0.3, -0.25) is 9.30 Å². The topological polar surface area (TPSA) is 55.1 Å². The summed E-state index contributed by atoms with van der Waals surface area (Å²) in [6.45, 7) is 10.3. The fourth-order valence-corrected chi connectivity index (χ4v) is 4.40. The largest absolute Gasteiger partial charge is 0.493 e. The molecule has 2 aromatic heterocycles. The van der Waals surface area contributed by atoms with Crippen LogP contribution in [0, 0.1) is 0 Å². The molecule has 30 heavy (non-hydrogen) atoms. The number of imidazole rings is 1. The molecule has 4 heterocycles. The standard InChI is InChI=1S/C23H29N5O2/c1-3-29-16-20-13-24-22-14-25-23(15-28(20)22)27-9-7-26(8-10-27)17(2)19-5-4-18-6-11-30-21(18)12-19/h4-5,12-15,17H,3,6-11,16H2,1-2H3. The highest BCUT2D eigenvalue weighted by atomic mass is 16.5. The van der Waals surface area contributed by atoms with E-state index in [1.807, 2.05) is 19.3 Å². The summed E-state index contributed by atoms with van der Waals surface area (Å²) in [7, 11) is 0. The highest BCUT2D eigenvalue weighted by Crippen LogP contribution is 2.31. The lowest BCUT2D eigenvalue weighted by Crippen LogP contribution is -2.47. The molecule has 0 N–H and O–H groups in total. The third kappa shape index (κ3) is 3.63. The number of piperazine rings is 1. The molecule has 1 atom stereocenters. The first-order chi connectivity index (χ1) is 14.7. The quantitative estimate of drug-likeness (QED) is 0.626. The molecule has 0 spiro atoms. The van der Waals surface area contributed by atoms with Crippen LogP contribution in [0.2, 0.25) is 0 Å². The Hall–Kier alpha value is -2.64. The Kier molecular flexibility index (Phi) is 5.31. The Labute approximate surface area is 177 Å². The summed E-state index contributed by atoms with van der Waals surface area (Å²) in [5.74, 6) is 2.06. The zero-order chi connectivity index (χ0) is 20.5. The van der Waals surface area contributed by atoms with E-state index in [1.165, 1.54) is 11.1 Å². The fraction of sp³-hybridized carbons (Fsp3) is 0.478. The van der Waals surface area contributed by atoms with E-state index in [0.29, 0.717) is 19.3 Å². The van der Waals surface area contributed by atoms with Crippen LogP contribution in [0.25, 0.3) is 5.65 Å². The number of hydrogen-bond donors (Lipinski definition) is 0. The van der Waals surface area contributed by atoms with Gasteiger partial charge in [0.05, 0.1) is 37.5 Å². The molecule has 0 aliphatic carbocycles. The van der Waals surface area contributed by atoms with E-state index in [2.05, 4.69) is 55.5 Å². The normalized spacial score (nSPS) is 17.9. The average molecular weight is 408 g/mol. The average Bonchev–Trinajstić information content (AvgIpc) is 3.43. The molecule has 1 aromatic carbocycles. The second-order valence-electron chi connectivity index (χ2n) is 8.02. The number of ether oxygens (including phenoxy) is 2. The van der Waals surface area contributed by atoms with Gasteiger partial charge in [-0.25, -0.2) is 9.97 Å². The Morgan fingerprint density at radius 1 is 1.13 bits per heavy atom. The maximum atomic E-state index is 5.76. The smallest absolute Gasteiger partial charge is 0.155 e. The first-order valence-corrected chi connectivity index (χ1v) is 10.9. The van der Waals surface area contributed by atoms with Gasteiger partial charge in [0.25, 0.3) is 0 Å². The minimum atomic E-state index is 0.378. The molecule has 7 heteroatoms. The third-order valence-electron chi connectivity index (χ3n) is 6.30. The summed E-state index contributed by atoms with van der Waals surface area (Å²) < 4.78 is 13.4. The van der Waals surface area contributed by atoms with Gasteiger partial charge in [-0.1, -0.05) is 12.1 Å². The van der Waals surface area contributed by atoms with Crippen molar-refractivity contribution in [2.75, 3.05) is 44.3 Å². The Morgan fingerprint density at radius 3 is 2.83 bits per heavy atom. The summed E-state index contributed by atoms with van der Waals surface area (Å²) in [5.41, 5.74) is 4.59. The summed E-state index contributed by atoms with van der Waals surface area (Å²) in [4.78, 5) is 14.0. The third-order valence-corrected chi connectivity index (χ3v) is 6.30. The lowest BCUT2D eigenvalue weighted by Gasteiger charge is -2.38. The second-order valence-corrected chi connectivity index (χ2v) is 8.02. The van der Waals surface area contributed by atoms with Gasteiger partial charge in [-0.15, -0.1) is 0 Å². The van der Waals surface area contributed by atoms with Crippen molar-refractivity contribution in [2.24, 2.45) is 0 Å². The number of fused-ring (bicyclic) bond motifs is 2. The lowest BCUT2D eigenvalue weighted by molar-refractivity contribution is 0.131. The van der Waals surface area contributed by atoms with Gasteiger partial charge in [0, 0.05) is 45.2 Å². The minimum absolute atomic E-state index is 0.378. The molecule has 0 amide bonds. The molecule has 0 radical (unpaired) electrons. The van der Waals surface area contributed by atoms with Gasteiger partial charge in [0.15, 0.2) is 5.65 Å². The summed E-state index contributed by atoms with van der Waals surface area (Å²) in [6, 6.07) is 7.10. The second kappa shape index (κ2) is 8.24. The zero-order valence-electron chi connectivity index (χ0n) is 17.8. The predicted octanol–water partition coefficient (Wildman–Crippen LogP) is 3.08. The van der Waals surface area contributed by atoms with Crippen molar-refractivity contribution in [3.05, 3.63) is 53.6 Å². The van der Waals surface area contributed by atoms with Crippen LogP contribution in [0.4, 0.5) is 5.82 Å². The van der Waals surface area contributed by atoms with Gasteiger partial charge in [0.2, 0.25) is 0 Å². The van der Waals surface area contributed by atoms with Crippen LogP contribution in [0.1, 0.15) is 36.7 Å². The van der Waals surface area contributed by atoms with Gasteiger partial charge in [0.1, 0.15) is 11.6 Å². The molecule has 0 bridgehead atoms. The van der Waals surface area contributed by atoms with E-state index in [9.17, 15) is 0 Å². The molecule has 3 aromatic rings. The first kappa shape index (κ1) is 19.3. The summed E-state index contributed by atoms with van der Waals surface area (Å²) in [5, 5.41) is 0. The van der Waals surface area contributed by atoms with Gasteiger partial charge in [-0.2, -0.15) is 0 Å². The first-order valence-electron chi connectivity index (χ1n) is 10.9. The van der Waals surface area contributed by atoms with Crippen LogP contribution in [0.15, 0.2) is 36.8 Å². The van der Waals surface area contributed by atoms with Crippen molar-refractivity contribution >= 4 is 11.5 Å². The number of nitrogens with zero attached hydrogens (tertiary/aromatic N) is 5. The molecular formula is C23H29N5O2. The number of benzene rings is 1. The van der Waals surface area contributed by atoms with Crippen LogP contribution in [0.5, 0.6) is 5.75 Å². The van der Waals surface area contributed by atoms with Crippen molar-refractivity contribution in [1.29, 1.82) is 0 Å². The van der Waals surface area contributed by atoms with Crippen molar-refractivity contribution in [3.63, 3.8) is 0 Å². The van der Waals surface area contributed by atoms with Crippen molar-refractivity contribution in [3.8, 4) is 5.75 Å². The molecule has 1 fully saturated rings. The van der Waals surface area contributed by atoms with E-state index >= 15 is 0 Å². The number of rotatable bonds is 6. The van der Waals surface area contributed by atoms with E-state index in [4.69, 9.17) is 9.47 Å². The van der Waals surface area contributed by atoms with Crippen LogP contribution < -0.4 is 9.64 Å². The summed E-state index contributed by atoms with van der Waals surface area (Å²) in [6.07, 6.45) is 6.84. The van der Waals surface area contributed by atoms with E-state index < -0.39 is 0 Å². The van der Waals surface area contributed by atoms with Crippen LogP contribution in [-0.2, 0) is 17.8 Å². The molecule has 158 valence electrons. The lowest BCUT2D eigenvalue weighted by atomic mass is 10.0. The zero-order valence-corrected chi connectivity index (χ0v) is 17.8. The molecule has 2 aliphatic heterocycles. The maximum Gasteiger partial charge on any atom is 0.155 e. The van der Waals surface area contributed by atoms with Gasteiger partial charge < -0.3 is 14.4 Å². The monoisotopic (exact) mass is 407 g/mol. The number of anilines is 1. The van der Waals surface area contributed by atoms with E-state index in [-0.39, 0.29) is 0 Å². The van der Waals surface area contributed by atoms with Crippen molar-refractivity contribution in [1.82, 2.24) is 19.3 Å². The molecule has 5 rings (SSSR count). The maximum absolute atomic E-state index is 5.76. The highest BCUT2D eigenvalue weighted by molar-refractivity contribution is 5.46. The Bertz CT molecular complexity index is 1030. The van der Waals surface area contributed by atoms with Gasteiger partial charge >= 0.3 is 0 Å². The molecule has 7 nitrogen and oxygen atoms in total. The summed E-state index contributed by atoms with van der Waals surface area (Å²) >= 11 is 0. The number of aromatic nitrogens is 3. The molecular weight excluding hydrogens is 378 g/mol. The highest BCUT2D eigenvalue weighted by Gasteiger charge is 2.24. The van der Waals surface area contributed by atoms with Crippen LogP contribution in [-0.4, -0.2) is 58.7 Å². The predicted molar refractivity (Wildman–Crippen MR) is 116 cm³/mol. The number of hydrogen-bond acceptors (Lipinski definition) is 6. The molecule has 2 aliphatic rings. The minimum Gasteiger partial charge on any atom is -0.493 e. The molecule has 1 saturated heterocycles. The van der Waals surface area contributed by atoms with Crippen molar-refractivity contribution in [2.45, 2.75) is 32.9 Å². The molecule has 0 saturated carbocycles. The Balaban J connectivity index is 1.26. The van der Waals surface area contributed by atoms with E-state index in [1.54, 1.807) is 0 Å². The van der Waals surface area contributed by atoms with Crippen LogP contribution in [0.3, 0.4) is 0 Å². The Morgan fingerprint density at radius 2 is 2.00 bits per heavy atom. The van der Waals surface area contributed by atoms with Crippen molar-refractivity contribution < 1.29 is 9.47 Å².